The van der Waals surface area contributed by atoms with Crippen LogP contribution in [0.3, 0.4) is 0 Å². The van der Waals surface area contributed by atoms with Crippen LogP contribution in [0.4, 0.5) is 0 Å². The van der Waals surface area contributed by atoms with Crippen LogP contribution < -0.4 is 0 Å². The van der Waals surface area contributed by atoms with Crippen LogP contribution in [0.25, 0.3) is 0 Å². The van der Waals surface area contributed by atoms with E-state index < -0.39 is 0 Å². The van der Waals surface area contributed by atoms with Gasteiger partial charge in [0.2, 0.25) is 0 Å². The first-order valence-corrected chi connectivity index (χ1v) is 12.4. The molecule has 0 amide bonds. The largest absolute Gasteiger partial charge is 0.455 e. The van der Waals surface area contributed by atoms with Crippen LogP contribution in [0.1, 0.15) is 59.8 Å². The predicted molar refractivity (Wildman–Crippen MR) is 119 cm³/mol. The Morgan fingerprint density at radius 3 is 2.56 bits per heavy atom. The Bertz CT molecular complexity index is 791. The molecule has 0 aromatic carbocycles. The van der Waals surface area contributed by atoms with Crippen LogP contribution in [0, 0.1) is 40.4 Å². The van der Waals surface area contributed by atoms with Gasteiger partial charge in [-0.3, -0.25) is 4.79 Å². The molecule has 0 aromatic heterocycles. The smallest absolute Gasteiger partial charge is 0.303 e. The van der Waals surface area contributed by atoms with Gasteiger partial charge in [0.15, 0.2) is 6.29 Å². The maximum Gasteiger partial charge on any atom is 0.303 e. The minimum atomic E-state index is -0.355. The lowest BCUT2D eigenvalue weighted by Crippen LogP contribution is -2.58. The van der Waals surface area contributed by atoms with E-state index in [4.69, 9.17) is 18.9 Å². The Kier molecular flexibility index (Phi) is 5.56. The first kappa shape index (κ1) is 22.8. The summed E-state index contributed by atoms with van der Waals surface area (Å²) in [7, 11) is 3.46. The molecule has 0 bridgehead atoms. The number of fused-ring (bicyclic) bond motifs is 7. The van der Waals surface area contributed by atoms with E-state index in [1.165, 1.54) is 12.5 Å². The summed E-state index contributed by atoms with van der Waals surface area (Å²) in [4.78, 5) is 11.6. The van der Waals surface area contributed by atoms with E-state index in [0.717, 1.165) is 25.7 Å². The van der Waals surface area contributed by atoms with Gasteiger partial charge in [-0.15, -0.1) is 0 Å². The monoisotopic (exact) mass is 448 g/mol. The summed E-state index contributed by atoms with van der Waals surface area (Å²) < 4.78 is 23.0. The van der Waals surface area contributed by atoms with Gasteiger partial charge < -0.3 is 24.1 Å². The number of hydrogen-bond donors (Lipinski definition) is 1. The average molecular weight is 449 g/mol. The number of aliphatic hydroxyl groups excluding tert-OH is 1. The lowest BCUT2D eigenvalue weighted by atomic mass is 9.45. The van der Waals surface area contributed by atoms with Gasteiger partial charge >= 0.3 is 5.97 Å². The number of methoxy groups -OCH3 is 2. The number of carbonyl (C=O) groups excluding carboxylic acids is 1. The summed E-state index contributed by atoms with van der Waals surface area (Å²) in [5.41, 5.74) is 1.35. The van der Waals surface area contributed by atoms with Crippen LogP contribution >= 0.6 is 0 Å². The van der Waals surface area contributed by atoms with E-state index in [2.05, 4.69) is 26.8 Å². The number of carbonyl (C=O) groups is 1. The van der Waals surface area contributed by atoms with Crippen molar-refractivity contribution in [2.75, 3.05) is 14.2 Å². The number of esters is 1. The molecule has 180 valence electrons. The quantitative estimate of drug-likeness (QED) is 0.299. The molecule has 5 unspecified atom stereocenters. The van der Waals surface area contributed by atoms with Crippen molar-refractivity contribution < 1.29 is 28.8 Å². The van der Waals surface area contributed by atoms with E-state index in [9.17, 15) is 9.90 Å². The van der Waals surface area contributed by atoms with Gasteiger partial charge in [0, 0.05) is 32.5 Å². The molecule has 0 aromatic rings. The van der Waals surface area contributed by atoms with Gasteiger partial charge in [0.1, 0.15) is 12.2 Å². The number of aliphatic hydroxyl groups is 1. The van der Waals surface area contributed by atoms with Crippen molar-refractivity contribution >= 4 is 5.97 Å². The topological polar surface area (TPSA) is 77.5 Å². The Morgan fingerprint density at radius 1 is 1.19 bits per heavy atom. The minimum absolute atomic E-state index is 0.0302. The van der Waals surface area contributed by atoms with E-state index in [-0.39, 0.29) is 53.4 Å². The molecule has 1 heterocycles. The maximum atomic E-state index is 11.6. The fraction of sp³-hybridized carbons (Fsp3) is 0.885. The second kappa shape index (κ2) is 7.79. The lowest BCUT2D eigenvalue weighted by Gasteiger charge is -2.59. The lowest BCUT2D eigenvalue weighted by molar-refractivity contribution is -0.167. The van der Waals surface area contributed by atoms with Gasteiger partial charge in [0.05, 0.1) is 12.2 Å². The fourth-order valence-corrected chi connectivity index (χ4v) is 8.95. The number of rotatable bonds is 5. The van der Waals surface area contributed by atoms with Gasteiger partial charge in [-0.1, -0.05) is 26.3 Å². The normalized spacial score (nSPS) is 49.9. The summed E-state index contributed by atoms with van der Waals surface area (Å²) in [6, 6.07) is 0. The van der Waals surface area contributed by atoms with Crippen molar-refractivity contribution in [1.29, 1.82) is 0 Å². The fourth-order valence-electron chi connectivity index (χ4n) is 8.95. The van der Waals surface area contributed by atoms with E-state index in [0.29, 0.717) is 30.1 Å². The predicted octanol–water partition coefficient (Wildman–Crippen LogP) is 3.71. The molecule has 11 atom stereocenters. The van der Waals surface area contributed by atoms with Crippen molar-refractivity contribution in [2.45, 2.75) is 90.5 Å². The molecule has 4 aliphatic carbocycles. The molecule has 5 rings (SSSR count). The third kappa shape index (κ3) is 3.09. The number of epoxide rings is 1. The zero-order valence-electron chi connectivity index (χ0n) is 20.4. The highest BCUT2D eigenvalue weighted by molar-refractivity contribution is 5.66. The van der Waals surface area contributed by atoms with Crippen LogP contribution in [0.2, 0.25) is 0 Å². The standard InChI is InChI=1S/C26H40O6/c1-13(24(29-5)30-6)16-7-8-17-21-18(9-10-25(16,17)3)26(4)15(11-19(21)28)12-20(31-14(2)27)22-23(26)32-22/h12-13,16-24,28H,7-11H2,1-6H3/t13?,16-,17+,18+,19?,20?,21+,22?,23?,25-,26+/m1/s1. The molecule has 1 saturated heterocycles. The van der Waals surface area contributed by atoms with E-state index in [1.807, 2.05) is 0 Å². The third-order valence-electron chi connectivity index (χ3n) is 10.4. The van der Waals surface area contributed by atoms with Crippen LogP contribution in [0.5, 0.6) is 0 Å². The molecule has 0 radical (unpaired) electrons. The van der Waals surface area contributed by atoms with Gasteiger partial charge in [-0.2, -0.15) is 0 Å². The van der Waals surface area contributed by atoms with Crippen molar-refractivity contribution in [1.82, 2.24) is 0 Å². The van der Waals surface area contributed by atoms with Crippen LogP contribution in [-0.2, 0) is 23.7 Å². The number of hydrogen-bond acceptors (Lipinski definition) is 6. The molecule has 4 fully saturated rings. The molecule has 0 spiro atoms. The Hall–Kier alpha value is -0.950. The van der Waals surface area contributed by atoms with Crippen molar-refractivity contribution in [3.8, 4) is 0 Å². The summed E-state index contributed by atoms with van der Waals surface area (Å²) in [6.07, 6.45) is 6.56. The van der Waals surface area contributed by atoms with Gasteiger partial charge in [-0.05, 0) is 67.3 Å². The molecule has 1 aliphatic heterocycles. The van der Waals surface area contributed by atoms with Crippen LogP contribution in [-0.4, -0.2) is 56.0 Å². The molecular weight excluding hydrogens is 408 g/mol. The Morgan fingerprint density at radius 2 is 1.91 bits per heavy atom. The van der Waals surface area contributed by atoms with Gasteiger partial charge in [0.25, 0.3) is 0 Å². The molecule has 32 heavy (non-hydrogen) atoms. The third-order valence-corrected chi connectivity index (χ3v) is 10.4. The zero-order valence-corrected chi connectivity index (χ0v) is 20.4. The van der Waals surface area contributed by atoms with Crippen molar-refractivity contribution in [3.63, 3.8) is 0 Å². The van der Waals surface area contributed by atoms with E-state index >= 15 is 0 Å². The first-order chi connectivity index (χ1) is 15.2. The Labute approximate surface area is 192 Å². The highest BCUT2D eigenvalue weighted by Crippen LogP contribution is 2.69. The number of ether oxygens (including phenoxy) is 4. The molecular formula is C26H40O6. The summed E-state index contributed by atoms with van der Waals surface area (Å²) in [5.74, 6) is 1.76. The van der Waals surface area contributed by atoms with Crippen LogP contribution in [0.15, 0.2) is 11.6 Å². The van der Waals surface area contributed by atoms with Gasteiger partial charge in [-0.25, -0.2) is 0 Å². The molecule has 3 saturated carbocycles. The maximum absolute atomic E-state index is 11.6. The summed E-state index contributed by atoms with van der Waals surface area (Å²) in [5, 5.41) is 11.5. The van der Waals surface area contributed by atoms with E-state index in [1.54, 1.807) is 14.2 Å². The second-order valence-electron chi connectivity index (χ2n) is 11.6. The molecule has 6 heteroatoms. The highest BCUT2D eigenvalue weighted by atomic mass is 16.7. The second-order valence-corrected chi connectivity index (χ2v) is 11.6. The van der Waals surface area contributed by atoms with Crippen molar-refractivity contribution in [3.05, 3.63) is 11.6 Å². The highest BCUT2D eigenvalue weighted by Gasteiger charge is 2.69. The first-order valence-electron chi connectivity index (χ1n) is 12.4. The minimum Gasteiger partial charge on any atom is -0.455 e. The summed E-state index contributed by atoms with van der Waals surface area (Å²) >= 11 is 0. The molecule has 6 nitrogen and oxygen atoms in total. The molecule has 5 aliphatic rings. The Balaban J connectivity index is 1.43. The molecule has 1 N–H and O–H groups in total. The summed E-state index contributed by atoms with van der Waals surface area (Å²) in [6.45, 7) is 8.52. The average Bonchev–Trinajstić information content (AvgIpc) is 3.47. The SMILES string of the molecule is COC(OC)C(C)[C@H]1CC[C@H]2[C@@H]3C(O)CC4=CC(OC(C)=O)C5OC5[C@]4(C)[C@H]3CC[C@]12C. The van der Waals surface area contributed by atoms with Crippen molar-refractivity contribution in [2.24, 2.45) is 40.4 Å². The zero-order chi connectivity index (χ0) is 23.0.